The molecule has 0 amide bonds. The molecule has 0 aromatic heterocycles. The van der Waals surface area contributed by atoms with Crippen molar-refractivity contribution in [1.82, 2.24) is 0 Å². The summed E-state index contributed by atoms with van der Waals surface area (Å²) in [6.07, 6.45) is 1.58. The van der Waals surface area contributed by atoms with E-state index in [4.69, 9.17) is 0 Å². The van der Waals surface area contributed by atoms with Crippen LogP contribution in [0.25, 0.3) is 5.57 Å². The van der Waals surface area contributed by atoms with Crippen molar-refractivity contribution < 1.29 is 9.90 Å². The van der Waals surface area contributed by atoms with Crippen LogP contribution < -0.4 is 0 Å². The van der Waals surface area contributed by atoms with E-state index in [0.29, 0.717) is 5.56 Å². The highest BCUT2D eigenvalue weighted by Gasteiger charge is 2.37. The largest absolute Gasteiger partial charge is 0.377 e. The van der Waals surface area contributed by atoms with Gasteiger partial charge in [0.15, 0.2) is 5.78 Å². The van der Waals surface area contributed by atoms with E-state index in [1.807, 2.05) is 24.3 Å². The van der Waals surface area contributed by atoms with E-state index in [1.54, 1.807) is 13.0 Å². The Balaban J connectivity index is 2.69. The van der Waals surface area contributed by atoms with Crippen LogP contribution >= 0.6 is 0 Å². The number of carbonyl (C=O) groups excluding carboxylic acids is 1. The molecule has 2 nitrogen and oxygen atoms in total. The molecule has 0 radical (unpaired) electrons. The number of carbonyl (C=O) groups is 1. The van der Waals surface area contributed by atoms with Crippen LogP contribution in [0.3, 0.4) is 0 Å². The maximum Gasteiger partial charge on any atom is 0.191 e. The number of hydrogen-bond donors (Lipinski definition) is 1. The smallest absolute Gasteiger partial charge is 0.191 e. The van der Waals surface area contributed by atoms with Crippen molar-refractivity contribution in [2.24, 2.45) is 5.92 Å². The fraction of sp³-hybridized carbons (Fsp3) is 0.357. The Morgan fingerprint density at radius 2 is 1.88 bits per heavy atom. The fourth-order valence-electron chi connectivity index (χ4n) is 2.13. The third kappa shape index (κ3) is 1.50. The van der Waals surface area contributed by atoms with Gasteiger partial charge in [-0.2, -0.15) is 0 Å². The zero-order valence-electron chi connectivity index (χ0n) is 9.82. The summed E-state index contributed by atoms with van der Waals surface area (Å²) in [5.74, 6) is 0.0519. The minimum absolute atomic E-state index is 0.227. The van der Waals surface area contributed by atoms with Gasteiger partial charge in [-0.3, -0.25) is 4.79 Å². The summed E-state index contributed by atoms with van der Waals surface area (Å²) in [7, 11) is 0. The monoisotopic (exact) mass is 216 g/mol. The molecule has 2 heteroatoms. The number of benzene rings is 1. The Hall–Kier alpha value is -1.41. The van der Waals surface area contributed by atoms with Gasteiger partial charge in [-0.15, -0.1) is 0 Å². The first-order valence-electron chi connectivity index (χ1n) is 5.53. The van der Waals surface area contributed by atoms with Gasteiger partial charge in [0.2, 0.25) is 0 Å². The van der Waals surface area contributed by atoms with Crippen LogP contribution in [0.5, 0.6) is 0 Å². The maximum atomic E-state index is 11.9. The van der Waals surface area contributed by atoms with Crippen molar-refractivity contribution in [2.75, 3.05) is 0 Å². The number of fused-ring (bicyclic) bond motifs is 1. The first kappa shape index (κ1) is 11.1. The van der Waals surface area contributed by atoms with E-state index in [0.717, 1.165) is 11.1 Å². The Kier molecular flexibility index (Phi) is 2.47. The molecule has 1 unspecified atom stereocenters. The molecule has 1 N–H and O–H groups in total. The first-order valence-corrected chi connectivity index (χ1v) is 5.53. The highest BCUT2D eigenvalue weighted by molar-refractivity contribution is 6.06. The van der Waals surface area contributed by atoms with Gasteiger partial charge in [0.25, 0.3) is 0 Å². The van der Waals surface area contributed by atoms with Crippen LogP contribution in [-0.4, -0.2) is 10.9 Å². The lowest BCUT2D eigenvalue weighted by Crippen LogP contribution is -2.35. The molecule has 1 aliphatic rings. The van der Waals surface area contributed by atoms with Crippen LogP contribution in [-0.2, 0) is 10.4 Å². The molecular weight excluding hydrogens is 200 g/mol. The lowest BCUT2D eigenvalue weighted by Gasteiger charge is -2.30. The van der Waals surface area contributed by atoms with Gasteiger partial charge in [-0.25, -0.2) is 0 Å². The first-order chi connectivity index (χ1) is 7.44. The van der Waals surface area contributed by atoms with Crippen LogP contribution in [0.1, 0.15) is 31.9 Å². The Morgan fingerprint density at radius 1 is 1.25 bits per heavy atom. The summed E-state index contributed by atoms with van der Waals surface area (Å²) < 4.78 is 0. The summed E-state index contributed by atoms with van der Waals surface area (Å²) in [5.41, 5.74) is 1.33. The molecule has 0 aliphatic heterocycles. The second kappa shape index (κ2) is 3.56. The van der Waals surface area contributed by atoms with Crippen molar-refractivity contribution in [2.45, 2.75) is 26.4 Å². The lowest BCUT2D eigenvalue weighted by molar-refractivity contribution is -0.131. The average Bonchev–Trinajstić information content (AvgIpc) is 2.23. The molecule has 0 saturated carbocycles. The van der Waals surface area contributed by atoms with Gasteiger partial charge >= 0.3 is 0 Å². The molecule has 16 heavy (non-hydrogen) atoms. The number of hydrogen-bond acceptors (Lipinski definition) is 2. The normalized spacial score (nSPS) is 24.3. The third-order valence-corrected chi connectivity index (χ3v) is 3.15. The fourth-order valence-corrected chi connectivity index (χ4v) is 2.13. The quantitative estimate of drug-likeness (QED) is 0.783. The van der Waals surface area contributed by atoms with Gasteiger partial charge < -0.3 is 5.11 Å². The molecule has 1 aromatic rings. The van der Waals surface area contributed by atoms with Crippen molar-refractivity contribution in [3.8, 4) is 0 Å². The topological polar surface area (TPSA) is 37.3 Å². The van der Waals surface area contributed by atoms with E-state index < -0.39 is 5.60 Å². The van der Waals surface area contributed by atoms with Crippen LogP contribution in [0, 0.1) is 5.92 Å². The minimum Gasteiger partial charge on any atom is -0.377 e. The Morgan fingerprint density at radius 3 is 2.50 bits per heavy atom. The van der Waals surface area contributed by atoms with Gasteiger partial charge in [-0.05, 0) is 35.6 Å². The Labute approximate surface area is 95.6 Å². The Bertz CT molecular complexity index is 467. The van der Waals surface area contributed by atoms with E-state index in [-0.39, 0.29) is 11.7 Å². The van der Waals surface area contributed by atoms with Crippen LogP contribution in [0.4, 0.5) is 0 Å². The maximum absolute atomic E-state index is 11.9. The van der Waals surface area contributed by atoms with Crippen molar-refractivity contribution in [3.05, 3.63) is 41.5 Å². The molecule has 0 spiro atoms. The highest BCUT2D eigenvalue weighted by atomic mass is 16.3. The van der Waals surface area contributed by atoms with E-state index >= 15 is 0 Å². The van der Waals surface area contributed by atoms with Crippen LogP contribution in [0.15, 0.2) is 30.3 Å². The zero-order valence-corrected chi connectivity index (χ0v) is 9.82. The summed E-state index contributed by atoms with van der Waals surface area (Å²) >= 11 is 0. The predicted octanol–water partition coefficient (Wildman–Crippen LogP) is 2.52. The summed E-state index contributed by atoms with van der Waals surface area (Å²) in [6.45, 7) is 5.66. The number of aliphatic hydroxyl groups is 1. The molecular formula is C14H16O2. The van der Waals surface area contributed by atoms with Gasteiger partial charge in [0, 0.05) is 0 Å². The van der Waals surface area contributed by atoms with Gasteiger partial charge in [0.05, 0.1) is 0 Å². The van der Waals surface area contributed by atoms with Gasteiger partial charge in [-0.1, -0.05) is 38.1 Å². The molecule has 0 bridgehead atoms. The average molecular weight is 216 g/mol. The van der Waals surface area contributed by atoms with E-state index in [9.17, 15) is 9.90 Å². The molecule has 1 aromatic carbocycles. The SMILES string of the molecule is CC(C)C1=CC(=O)C(C)(O)c2ccccc21. The number of ketones is 1. The van der Waals surface area contributed by atoms with E-state index in [1.165, 1.54) is 0 Å². The third-order valence-electron chi connectivity index (χ3n) is 3.15. The number of allylic oxidation sites excluding steroid dienone is 1. The molecule has 0 saturated heterocycles. The number of rotatable bonds is 1. The standard InChI is InChI=1S/C14H16O2/c1-9(2)11-8-13(15)14(3,16)12-7-5-4-6-10(11)12/h4-9,16H,1-3H3. The molecule has 1 atom stereocenters. The van der Waals surface area contributed by atoms with Crippen molar-refractivity contribution in [3.63, 3.8) is 0 Å². The second-order valence-corrected chi connectivity index (χ2v) is 4.74. The highest BCUT2D eigenvalue weighted by Crippen LogP contribution is 2.37. The van der Waals surface area contributed by atoms with Crippen molar-refractivity contribution >= 4 is 11.4 Å². The molecule has 2 rings (SSSR count). The molecule has 84 valence electrons. The minimum atomic E-state index is -1.38. The summed E-state index contributed by atoms with van der Waals surface area (Å²) in [6, 6.07) is 7.56. The van der Waals surface area contributed by atoms with Crippen LogP contribution in [0.2, 0.25) is 0 Å². The predicted molar refractivity (Wildman–Crippen MR) is 63.8 cm³/mol. The molecule has 0 heterocycles. The summed E-state index contributed by atoms with van der Waals surface area (Å²) in [5, 5.41) is 10.2. The second-order valence-electron chi connectivity index (χ2n) is 4.74. The van der Waals surface area contributed by atoms with Gasteiger partial charge in [0.1, 0.15) is 5.60 Å². The zero-order chi connectivity index (χ0) is 11.9. The molecule has 1 aliphatic carbocycles. The van der Waals surface area contributed by atoms with Crippen molar-refractivity contribution in [1.29, 1.82) is 0 Å². The lowest BCUT2D eigenvalue weighted by atomic mass is 9.77. The molecule has 0 fully saturated rings. The van der Waals surface area contributed by atoms with E-state index in [2.05, 4.69) is 13.8 Å². The summed E-state index contributed by atoms with van der Waals surface area (Å²) in [4.78, 5) is 11.9.